The summed E-state index contributed by atoms with van der Waals surface area (Å²) in [5.74, 6) is 0. The number of fused-ring (bicyclic) bond motifs is 8. The van der Waals surface area contributed by atoms with Crippen LogP contribution in [0, 0.1) is 0 Å². The van der Waals surface area contributed by atoms with E-state index in [9.17, 15) is 0 Å². The smallest absolute Gasteiger partial charge is 0.0542 e. The zero-order valence-corrected chi connectivity index (χ0v) is 25.6. The minimum atomic E-state index is -0.146. The number of para-hydroxylation sites is 3. The number of benzene rings is 6. The second kappa shape index (κ2) is 8.74. The lowest BCUT2D eigenvalue weighted by Gasteiger charge is -2.43. The molecule has 44 heavy (non-hydrogen) atoms. The summed E-state index contributed by atoms with van der Waals surface area (Å²) in [6.07, 6.45) is 0. The first-order chi connectivity index (χ1) is 21.4. The molecule has 0 atom stereocenters. The fourth-order valence-corrected chi connectivity index (χ4v) is 8.13. The number of rotatable bonds is 2. The molecule has 9 rings (SSSR count). The molecule has 2 nitrogen and oxygen atoms in total. The van der Waals surface area contributed by atoms with E-state index in [1.54, 1.807) is 0 Å². The summed E-state index contributed by atoms with van der Waals surface area (Å²) < 4.78 is 2.39. The van der Waals surface area contributed by atoms with Gasteiger partial charge in [-0.05, 0) is 88.0 Å². The molecule has 2 aliphatic rings. The highest BCUT2D eigenvalue weighted by Crippen LogP contribution is 2.57. The Morgan fingerprint density at radius 1 is 0.409 bits per heavy atom. The van der Waals surface area contributed by atoms with Crippen molar-refractivity contribution in [2.75, 3.05) is 4.90 Å². The summed E-state index contributed by atoms with van der Waals surface area (Å²) in [5.41, 5.74) is 15.4. The Labute approximate surface area is 258 Å². The van der Waals surface area contributed by atoms with Crippen molar-refractivity contribution in [3.63, 3.8) is 0 Å². The molecule has 0 unspecified atom stereocenters. The van der Waals surface area contributed by atoms with Crippen molar-refractivity contribution in [2.24, 2.45) is 0 Å². The lowest BCUT2D eigenvalue weighted by atomic mass is 9.72. The van der Waals surface area contributed by atoms with E-state index in [0.29, 0.717) is 0 Å². The fourth-order valence-electron chi connectivity index (χ4n) is 8.13. The van der Waals surface area contributed by atoms with Crippen LogP contribution in [0.4, 0.5) is 17.1 Å². The van der Waals surface area contributed by atoms with Crippen molar-refractivity contribution >= 4 is 38.9 Å². The summed E-state index contributed by atoms with van der Waals surface area (Å²) in [6.45, 7) is 9.52. The molecule has 0 N–H and O–H groups in total. The Morgan fingerprint density at radius 2 is 1.07 bits per heavy atom. The highest BCUT2D eigenvalue weighted by Gasteiger charge is 2.42. The molecule has 0 bridgehead atoms. The van der Waals surface area contributed by atoms with Gasteiger partial charge in [0.25, 0.3) is 0 Å². The highest BCUT2D eigenvalue weighted by molar-refractivity contribution is 6.11. The zero-order chi connectivity index (χ0) is 29.8. The van der Waals surface area contributed by atoms with Gasteiger partial charge >= 0.3 is 0 Å². The van der Waals surface area contributed by atoms with Crippen LogP contribution in [-0.4, -0.2) is 4.57 Å². The minimum Gasteiger partial charge on any atom is -0.310 e. The topological polar surface area (TPSA) is 8.17 Å². The Balaban J connectivity index is 1.33. The van der Waals surface area contributed by atoms with E-state index in [1.807, 2.05) is 0 Å². The summed E-state index contributed by atoms with van der Waals surface area (Å²) in [5, 5.41) is 2.53. The van der Waals surface area contributed by atoms with Crippen LogP contribution in [0.15, 0.2) is 133 Å². The van der Waals surface area contributed by atoms with Crippen LogP contribution < -0.4 is 4.90 Å². The molecule has 0 saturated heterocycles. The molecule has 0 saturated carbocycles. The van der Waals surface area contributed by atoms with Crippen LogP contribution in [0.5, 0.6) is 0 Å². The van der Waals surface area contributed by atoms with E-state index in [0.717, 1.165) is 0 Å². The molecule has 0 spiro atoms. The largest absolute Gasteiger partial charge is 0.310 e. The highest BCUT2D eigenvalue weighted by atomic mass is 15.2. The molecule has 1 aliphatic heterocycles. The molecular weight excluding hydrogens is 532 g/mol. The van der Waals surface area contributed by atoms with Crippen LogP contribution in [0.25, 0.3) is 38.6 Å². The van der Waals surface area contributed by atoms with E-state index in [-0.39, 0.29) is 10.8 Å². The maximum atomic E-state index is 2.52. The molecule has 0 radical (unpaired) electrons. The Morgan fingerprint density at radius 3 is 1.91 bits per heavy atom. The van der Waals surface area contributed by atoms with E-state index in [1.165, 1.54) is 77.9 Å². The van der Waals surface area contributed by atoms with Crippen molar-refractivity contribution < 1.29 is 0 Å². The molecule has 2 heteroatoms. The first-order valence-corrected chi connectivity index (χ1v) is 15.6. The van der Waals surface area contributed by atoms with Gasteiger partial charge in [-0.25, -0.2) is 0 Å². The first-order valence-electron chi connectivity index (χ1n) is 15.6. The second-order valence-electron chi connectivity index (χ2n) is 13.5. The maximum absolute atomic E-state index is 2.52. The van der Waals surface area contributed by atoms with E-state index in [2.05, 4.69) is 171 Å². The predicted molar refractivity (Wildman–Crippen MR) is 185 cm³/mol. The number of hydrogen-bond acceptors (Lipinski definition) is 1. The van der Waals surface area contributed by atoms with Crippen molar-refractivity contribution in [1.82, 2.24) is 4.57 Å². The summed E-state index contributed by atoms with van der Waals surface area (Å²) in [4.78, 5) is 2.52. The third-order valence-electron chi connectivity index (χ3n) is 10.4. The quantitative estimate of drug-likeness (QED) is 0.202. The Kier molecular flexibility index (Phi) is 5.05. The standard InChI is InChI=1S/C42H34N2/c1-41(2)33-18-10-8-16-29(33)31-25-36-40(26-35(31)41)44(39-21-13-11-19-34(39)42(36,3)4)28-22-23-38-32(24-28)30-17-9-12-20-37(30)43(38)27-14-6-5-7-15-27/h5-26H,1-4H3. The molecule has 212 valence electrons. The van der Waals surface area contributed by atoms with Crippen LogP contribution in [0.1, 0.15) is 49.9 Å². The van der Waals surface area contributed by atoms with Gasteiger partial charge in [-0.1, -0.05) is 107 Å². The Bertz CT molecular complexity index is 2280. The van der Waals surface area contributed by atoms with Crippen LogP contribution in [-0.2, 0) is 10.8 Å². The molecule has 0 fully saturated rings. The molecule has 6 aromatic carbocycles. The molecule has 7 aromatic rings. The normalized spacial score (nSPS) is 15.6. The lowest BCUT2D eigenvalue weighted by molar-refractivity contribution is 0.627. The van der Waals surface area contributed by atoms with E-state index < -0.39 is 0 Å². The second-order valence-corrected chi connectivity index (χ2v) is 13.5. The van der Waals surface area contributed by atoms with Gasteiger partial charge in [0.15, 0.2) is 0 Å². The van der Waals surface area contributed by atoms with Gasteiger partial charge in [0, 0.05) is 33.0 Å². The first kappa shape index (κ1) is 25.4. The van der Waals surface area contributed by atoms with Crippen LogP contribution in [0.2, 0.25) is 0 Å². The molecule has 0 amide bonds. The number of aromatic nitrogens is 1. The van der Waals surface area contributed by atoms with Crippen molar-refractivity contribution in [3.05, 3.63) is 156 Å². The van der Waals surface area contributed by atoms with Crippen molar-refractivity contribution in [1.29, 1.82) is 0 Å². The maximum Gasteiger partial charge on any atom is 0.0542 e. The molecule has 1 aliphatic carbocycles. The third kappa shape index (κ3) is 3.26. The van der Waals surface area contributed by atoms with Gasteiger partial charge in [-0.2, -0.15) is 0 Å². The van der Waals surface area contributed by atoms with Gasteiger partial charge in [-0.3, -0.25) is 0 Å². The van der Waals surface area contributed by atoms with E-state index in [4.69, 9.17) is 0 Å². The van der Waals surface area contributed by atoms with Crippen LogP contribution in [0.3, 0.4) is 0 Å². The van der Waals surface area contributed by atoms with E-state index >= 15 is 0 Å². The molecule has 2 heterocycles. The lowest BCUT2D eigenvalue weighted by Crippen LogP contribution is -2.31. The van der Waals surface area contributed by atoms with Crippen LogP contribution >= 0.6 is 0 Å². The fraction of sp³-hybridized carbons (Fsp3) is 0.143. The van der Waals surface area contributed by atoms with Gasteiger partial charge in [0.2, 0.25) is 0 Å². The van der Waals surface area contributed by atoms with Crippen molar-refractivity contribution in [2.45, 2.75) is 38.5 Å². The number of anilines is 3. The van der Waals surface area contributed by atoms with Gasteiger partial charge in [0.05, 0.1) is 22.4 Å². The number of hydrogen-bond donors (Lipinski definition) is 0. The third-order valence-corrected chi connectivity index (χ3v) is 10.4. The average molecular weight is 567 g/mol. The van der Waals surface area contributed by atoms with Gasteiger partial charge < -0.3 is 9.47 Å². The summed E-state index contributed by atoms with van der Waals surface area (Å²) in [7, 11) is 0. The zero-order valence-electron chi connectivity index (χ0n) is 25.6. The summed E-state index contributed by atoms with van der Waals surface area (Å²) in [6, 6.07) is 49.5. The SMILES string of the molecule is CC1(C)c2ccccc2-c2cc3c(cc21)N(c1ccc2c(c1)c1ccccc1n2-c1ccccc1)c1ccccc1C3(C)C. The van der Waals surface area contributed by atoms with Gasteiger partial charge in [0.1, 0.15) is 0 Å². The van der Waals surface area contributed by atoms with Gasteiger partial charge in [-0.15, -0.1) is 0 Å². The average Bonchev–Trinajstić information content (AvgIpc) is 3.49. The molecular formula is C42H34N2. The van der Waals surface area contributed by atoms with Crippen molar-refractivity contribution in [3.8, 4) is 16.8 Å². The number of nitrogens with zero attached hydrogens (tertiary/aromatic N) is 2. The monoisotopic (exact) mass is 566 g/mol. The summed E-state index contributed by atoms with van der Waals surface area (Å²) >= 11 is 0. The molecule has 1 aromatic heterocycles. The Hall–Kier alpha value is -5.08. The predicted octanol–water partition coefficient (Wildman–Crippen LogP) is 11.2. The minimum absolute atomic E-state index is 0.0687.